The number of likely N-dealkylation sites (N-methyl/N-ethyl adjacent to an activating group) is 1. The number of aryl methyl sites for hydroxylation is 2. The molecule has 3 rings (SSSR count). The van der Waals surface area contributed by atoms with Crippen LogP contribution in [0, 0.1) is 13.8 Å². The minimum Gasteiger partial charge on any atom is -0.465 e. The van der Waals surface area contributed by atoms with Gasteiger partial charge in [0.15, 0.2) is 5.13 Å². The molecular formula is C22H25N3O3S. The Morgan fingerprint density at radius 1 is 1.00 bits per heavy atom. The fraction of sp³-hybridized carbons (Fsp3) is 0.318. The number of ether oxygens (including phenoxy) is 1. The van der Waals surface area contributed by atoms with Gasteiger partial charge < -0.3 is 9.64 Å². The highest BCUT2D eigenvalue weighted by Crippen LogP contribution is 2.31. The van der Waals surface area contributed by atoms with Gasteiger partial charge >= 0.3 is 5.97 Å². The van der Waals surface area contributed by atoms with Crippen molar-refractivity contribution in [3.63, 3.8) is 0 Å². The molecule has 0 fully saturated rings. The number of rotatable bonds is 6. The first-order chi connectivity index (χ1) is 13.8. The predicted octanol–water partition coefficient (Wildman–Crippen LogP) is 3.91. The molecule has 0 bridgehead atoms. The minimum atomic E-state index is -0.426. The molecule has 7 heteroatoms. The van der Waals surface area contributed by atoms with E-state index in [1.807, 2.05) is 19.0 Å². The first-order valence-electron chi connectivity index (χ1n) is 9.33. The standard InChI is InChI=1S/C22H25N3O3S/c1-14-12-18-19(13-15(14)2)29-22(23-18)25(11-10-24(3)4)20(26)16-6-8-17(9-7-16)21(27)28-5/h6-9,12-13H,10-11H2,1-5H3. The van der Waals surface area contributed by atoms with Crippen LogP contribution in [0.25, 0.3) is 10.2 Å². The summed E-state index contributed by atoms with van der Waals surface area (Å²) in [5.74, 6) is -0.568. The van der Waals surface area contributed by atoms with Gasteiger partial charge in [0.1, 0.15) is 0 Å². The second-order valence-corrected chi connectivity index (χ2v) is 8.24. The Kier molecular flexibility index (Phi) is 6.30. The Labute approximate surface area is 174 Å². The van der Waals surface area contributed by atoms with Gasteiger partial charge in [-0.05, 0) is 75.5 Å². The summed E-state index contributed by atoms with van der Waals surface area (Å²) in [6.45, 7) is 5.36. The maximum Gasteiger partial charge on any atom is 0.337 e. The summed E-state index contributed by atoms with van der Waals surface area (Å²) in [4.78, 5) is 33.4. The van der Waals surface area contributed by atoms with Crippen LogP contribution in [0.2, 0.25) is 0 Å². The summed E-state index contributed by atoms with van der Waals surface area (Å²) < 4.78 is 5.78. The molecule has 1 heterocycles. The molecule has 3 aromatic rings. The van der Waals surface area contributed by atoms with Gasteiger partial charge in [-0.3, -0.25) is 9.69 Å². The van der Waals surface area contributed by atoms with Crippen LogP contribution in [0.4, 0.5) is 5.13 Å². The normalized spacial score (nSPS) is 11.1. The average Bonchev–Trinajstić information content (AvgIpc) is 3.09. The molecular weight excluding hydrogens is 386 g/mol. The fourth-order valence-corrected chi connectivity index (χ4v) is 3.96. The lowest BCUT2D eigenvalue weighted by Crippen LogP contribution is -2.36. The van der Waals surface area contributed by atoms with Crippen molar-refractivity contribution in [2.75, 3.05) is 39.2 Å². The van der Waals surface area contributed by atoms with Crippen molar-refractivity contribution in [2.45, 2.75) is 13.8 Å². The maximum atomic E-state index is 13.3. The summed E-state index contributed by atoms with van der Waals surface area (Å²) in [5, 5.41) is 0.675. The lowest BCUT2D eigenvalue weighted by atomic mass is 10.1. The molecule has 0 radical (unpaired) electrons. The number of anilines is 1. The highest BCUT2D eigenvalue weighted by molar-refractivity contribution is 7.22. The molecule has 0 aliphatic carbocycles. The SMILES string of the molecule is COC(=O)c1ccc(C(=O)N(CCN(C)C)c2nc3cc(C)c(C)cc3s2)cc1. The quantitative estimate of drug-likeness (QED) is 0.576. The molecule has 0 spiro atoms. The Hall–Kier alpha value is -2.77. The van der Waals surface area contributed by atoms with Gasteiger partial charge in [-0.15, -0.1) is 0 Å². The molecule has 0 saturated carbocycles. The number of carbonyl (C=O) groups excluding carboxylic acids is 2. The van der Waals surface area contributed by atoms with Gasteiger partial charge in [0.2, 0.25) is 0 Å². The molecule has 2 aromatic carbocycles. The molecule has 152 valence electrons. The largest absolute Gasteiger partial charge is 0.465 e. The number of nitrogens with zero attached hydrogens (tertiary/aromatic N) is 3. The number of aromatic nitrogens is 1. The van der Waals surface area contributed by atoms with E-state index in [0.717, 1.165) is 10.2 Å². The number of benzene rings is 2. The van der Waals surface area contributed by atoms with Gasteiger partial charge in [-0.2, -0.15) is 0 Å². The minimum absolute atomic E-state index is 0.143. The predicted molar refractivity (Wildman–Crippen MR) is 117 cm³/mol. The Balaban J connectivity index is 1.96. The van der Waals surface area contributed by atoms with Crippen molar-refractivity contribution in [2.24, 2.45) is 0 Å². The number of thiazole rings is 1. The van der Waals surface area contributed by atoms with Gasteiger partial charge in [0.25, 0.3) is 5.91 Å². The number of esters is 1. The van der Waals surface area contributed by atoms with E-state index < -0.39 is 5.97 Å². The van der Waals surface area contributed by atoms with Crippen LogP contribution in [0.5, 0.6) is 0 Å². The van der Waals surface area contributed by atoms with E-state index >= 15 is 0 Å². The summed E-state index contributed by atoms with van der Waals surface area (Å²) in [7, 11) is 5.28. The maximum absolute atomic E-state index is 13.3. The number of hydrogen-bond donors (Lipinski definition) is 0. The number of amides is 1. The zero-order valence-electron chi connectivity index (χ0n) is 17.4. The van der Waals surface area contributed by atoms with E-state index in [4.69, 9.17) is 9.72 Å². The van der Waals surface area contributed by atoms with Crippen molar-refractivity contribution < 1.29 is 14.3 Å². The Morgan fingerprint density at radius 2 is 1.62 bits per heavy atom. The third kappa shape index (κ3) is 4.63. The molecule has 0 unspecified atom stereocenters. The van der Waals surface area contributed by atoms with Crippen LogP contribution in [0.15, 0.2) is 36.4 Å². The number of hydrogen-bond acceptors (Lipinski definition) is 6. The van der Waals surface area contributed by atoms with Gasteiger partial charge in [0.05, 0.1) is 22.9 Å². The number of fused-ring (bicyclic) bond motifs is 1. The molecule has 1 amide bonds. The number of methoxy groups -OCH3 is 1. The van der Waals surface area contributed by atoms with Gasteiger partial charge in [-0.1, -0.05) is 11.3 Å². The van der Waals surface area contributed by atoms with E-state index in [1.54, 1.807) is 29.2 Å². The highest BCUT2D eigenvalue weighted by atomic mass is 32.1. The first kappa shape index (κ1) is 21.0. The Morgan fingerprint density at radius 3 is 2.24 bits per heavy atom. The van der Waals surface area contributed by atoms with E-state index in [0.29, 0.717) is 29.3 Å². The smallest absolute Gasteiger partial charge is 0.337 e. The summed E-state index contributed by atoms with van der Waals surface area (Å²) in [6.07, 6.45) is 0. The molecule has 0 aliphatic rings. The van der Waals surface area contributed by atoms with Gasteiger partial charge in [0, 0.05) is 18.7 Å². The van der Waals surface area contributed by atoms with Crippen molar-refractivity contribution in [3.8, 4) is 0 Å². The molecule has 0 aliphatic heterocycles. The lowest BCUT2D eigenvalue weighted by molar-refractivity contribution is 0.0600. The second-order valence-electron chi connectivity index (χ2n) is 7.23. The summed E-state index contributed by atoms with van der Waals surface area (Å²) >= 11 is 1.52. The first-order valence-corrected chi connectivity index (χ1v) is 10.1. The molecule has 0 N–H and O–H groups in total. The van der Waals surface area contributed by atoms with E-state index in [-0.39, 0.29) is 5.91 Å². The molecule has 1 aromatic heterocycles. The zero-order chi connectivity index (χ0) is 21.1. The van der Waals surface area contributed by atoms with Crippen LogP contribution in [0.3, 0.4) is 0 Å². The topological polar surface area (TPSA) is 62.7 Å². The number of carbonyl (C=O) groups is 2. The van der Waals surface area contributed by atoms with Crippen molar-refractivity contribution in [3.05, 3.63) is 58.7 Å². The second kappa shape index (κ2) is 8.71. The summed E-state index contributed by atoms with van der Waals surface area (Å²) in [6, 6.07) is 10.7. The average molecular weight is 412 g/mol. The van der Waals surface area contributed by atoms with Crippen LogP contribution in [0.1, 0.15) is 31.8 Å². The van der Waals surface area contributed by atoms with E-state index in [1.165, 1.54) is 29.6 Å². The van der Waals surface area contributed by atoms with Crippen LogP contribution >= 0.6 is 11.3 Å². The third-order valence-corrected chi connectivity index (χ3v) is 5.83. The molecule has 6 nitrogen and oxygen atoms in total. The van der Waals surface area contributed by atoms with E-state index in [2.05, 4.69) is 26.0 Å². The molecule has 0 atom stereocenters. The van der Waals surface area contributed by atoms with Gasteiger partial charge in [-0.25, -0.2) is 9.78 Å². The van der Waals surface area contributed by atoms with Crippen molar-refractivity contribution >= 4 is 38.6 Å². The van der Waals surface area contributed by atoms with Crippen molar-refractivity contribution in [1.29, 1.82) is 0 Å². The fourth-order valence-electron chi connectivity index (χ4n) is 2.89. The third-order valence-electron chi connectivity index (χ3n) is 4.79. The monoisotopic (exact) mass is 411 g/mol. The Bertz CT molecular complexity index is 1000. The van der Waals surface area contributed by atoms with E-state index in [9.17, 15) is 9.59 Å². The van der Waals surface area contributed by atoms with Crippen LogP contribution < -0.4 is 4.90 Å². The highest BCUT2D eigenvalue weighted by Gasteiger charge is 2.22. The summed E-state index contributed by atoms with van der Waals surface area (Å²) in [5.41, 5.74) is 4.20. The van der Waals surface area contributed by atoms with Crippen LogP contribution in [-0.4, -0.2) is 56.1 Å². The lowest BCUT2D eigenvalue weighted by Gasteiger charge is -2.22. The molecule has 29 heavy (non-hydrogen) atoms. The molecule has 0 saturated heterocycles. The zero-order valence-corrected chi connectivity index (χ0v) is 18.2. The van der Waals surface area contributed by atoms with Crippen LogP contribution in [-0.2, 0) is 4.74 Å². The van der Waals surface area contributed by atoms with Crippen molar-refractivity contribution in [1.82, 2.24) is 9.88 Å².